The molecule has 0 aliphatic heterocycles. The summed E-state index contributed by atoms with van der Waals surface area (Å²) < 4.78 is 5.45. The molecule has 0 heterocycles. The standard InChI is InChI=1S/C11H13ClN2O/c1-14-10(8-13)6-7-15-11-4-2-9(12)3-5-11/h2-5,10,14H,6-7H2,1H3. The quantitative estimate of drug-likeness (QED) is 0.834. The number of ether oxygens (including phenoxy) is 1. The van der Waals surface area contributed by atoms with E-state index in [0.717, 1.165) is 5.75 Å². The van der Waals surface area contributed by atoms with Gasteiger partial charge < -0.3 is 10.1 Å². The maximum Gasteiger partial charge on any atom is 0.119 e. The van der Waals surface area contributed by atoms with Crippen LogP contribution in [0.3, 0.4) is 0 Å². The molecule has 1 N–H and O–H groups in total. The highest BCUT2D eigenvalue weighted by molar-refractivity contribution is 6.30. The Labute approximate surface area is 94.6 Å². The number of benzene rings is 1. The largest absolute Gasteiger partial charge is 0.493 e. The number of rotatable bonds is 5. The molecule has 1 aromatic carbocycles. The minimum Gasteiger partial charge on any atom is -0.493 e. The molecule has 0 aliphatic rings. The van der Waals surface area contributed by atoms with Crippen molar-refractivity contribution in [3.63, 3.8) is 0 Å². The SMILES string of the molecule is CNC(C#N)CCOc1ccc(Cl)cc1. The molecule has 1 unspecified atom stereocenters. The third-order valence-electron chi connectivity index (χ3n) is 1.99. The van der Waals surface area contributed by atoms with Gasteiger partial charge in [-0.2, -0.15) is 5.26 Å². The van der Waals surface area contributed by atoms with Crippen molar-refractivity contribution < 1.29 is 4.74 Å². The molecular weight excluding hydrogens is 212 g/mol. The van der Waals surface area contributed by atoms with Crippen molar-refractivity contribution >= 4 is 11.6 Å². The normalized spacial score (nSPS) is 11.8. The van der Waals surface area contributed by atoms with Gasteiger partial charge in [0, 0.05) is 11.4 Å². The van der Waals surface area contributed by atoms with E-state index in [1.807, 2.05) is 12.1 Å². The Morgan fingerprint density at radius 3 is 2.67 bits per heavy atom. The molecule has 0 saturated heterocycles. The van der Waals surface area contributed by atoms with Crippen LogP contribution < -0.4 is 10.1 Å². The molecule has 1 atom stereocenters. The van der Waals surface area contributed by atoms with Crippen LogP contribution in [0.25, 0.3) is 0 Å². The number of nitrogens with one attached hydrogen (secondary N) is 1. The van der Waals surface area contributed by atoms with Crippen LogP contribution in [0, 0.1) is 11.3 Å². The lowest BCUT2D eigenvalue weighted by Gasteiger charge is -2.09. The Morgan fingerprint density at radius 1 is 1.47 bits per heavy atom. The monoisotopic (exact) mass is 224 g/mol. The molecule has 0 aliphatic carbocycles. The number of hydrogen-bond donors (Lipinski definition) is 1. The molecule has 0 bridgehead atoms. The van der Waals surface area contributed by atoms with Gasteiger partial charge in [0.15, 0.2) is 0 Å². The molecule has 1 rings (SSSR count). The van der Waals surface area contributed by atoms with E-state index in [1.54, 1.807) is 19.2 Å². The molecule has 0 spiro atoms. The van der Waals surface area contributed by atoms with Gasteiger partial charge in [0.25, 0.3) is 0 Å². The van der Waals surface area contributed by atoms with Gasteiger partial charge in [-0.3, -0.25) is 0 Å². The fraction of sp³-hybridized carbons (Fsp3) is 0.364. The van der Waals surface area contributed by atoms with Gasteiger partial charge in [-0.05, 0) is 31.3 Å². The fourth-order valence-electron chi connectivity index (χ4n) is 1.10. The highest BCUT2D eigenvalue weighted by Gasteiger charge is 2.03. The Morgan fingerprint density at radius 2 is 2.13 bits per heavy atom. The van der Waals surface area contributed by atoms with E-state index >= 15 is 0 Å². The van der Waals surface area contributed by atoms with Crippen LogP contribution in [-0.4, -0.2) is 19.7 Å². The van der Waals surface area contributed by atoms with Crippen LogP contribution in [0.1, 0.15) is 6.42 Å². The first kappa shape index (κ1) is 11.8. The first-order chi connectivity index (χ1) is 7.26. The van der Waals surface area contributed by atoms with Gasteiger partial charge in [-0.25, -0.2) is 0 Å². The lowest BCUT2D eigenvalue weighted by Crippen LogP contribution is -2.25. The number of halogens is 1. The van der Waals surface area contributed by atoms with E-state index in [-0.39, 0.29) is 6.04 Å². The highest BCUT2D eigenvalue weighted by Crippen LogP contribution is 2.15. The van der Waals surface area contributed by atoms with Crippen molar-refractivity contribution in [3.05, 3.63) is 29.3 Å². The lowest BCUT2D eigenvalue weighted by molar-refractivity contribution is 0.300. The predicted octanol–water partition coefficient (Wildman–Crippen LogP) is 2.22. The zero-order valence-corrected chi connectivity index (χ0v) is 9.29. The molecule has 0 aromatic heterocycles. The number of hydrogen-bond acceptors (Lipinski definition) is 3. The van der Waals surface area contributed by atoms with Crippen molar-refractivity contribution in [1.29, 1.82) is 5.26 Å². The Bertz CT molecular complexity index is 331. The molecule has 80 valence electrons. The van der Waals surface area contributed by atoms with Gasteiger partial charge in [0.1, 0.15) is 5.75 Å². The Kier molecular flexibility index (Phi) is 4.96. The molecule has 0 amide bonds. The summed E-state index contributed by atoms with van der Waals surface area (Å²) in [5.74, 6) is 0.771. The summed E-state index contributed by atoms with van der Waals surface area (Å²) in [4.78, 5) is 0. The summed E-state index contributed by atoms with van der Waals surface area (Å²) in [6, 6.07) is 9.15. The minimum absolute atomic E-state index is 0.155. The first-order valence-electron chi connectivity index (χ1n) is 4.71. The van der Waals surface area contributed by atoms with E-state index in [2.05, 4.69) is 11.4 Å². The second-order valence-corrected chi connectivity index (χ2v) is 3.50. The summed E-state index contributed by atoms with van der Waals surface area (Å²) in [7, 11) is 1.76. The fourth-order valence-corrected chi connectivity index (χ4v) is 1.22. The van der Waals surface area contributed by atoms with E-state index in [0.29, 0.717) is 18.1 Å². The van der Waals surface area contributed by atoms with E-state index in [1.165, 1.54) is 0 Å². The number of nitriles is 1. The molecule has 3 nitrogen and oxygen atoms in total. The average Bonchev–Trinajstić information content (AvgIpc) is 2.27. The van der Waals surface area contributed by atoms with Crippen molar-refractivity contribution in [1.82, 2.24) is 5.32 Å². The second-order valence-electron chi connectivity index (χ2n) is 3.06. The molecule has 0 radical (unpaired) electrons. The van der Waals surface area contributed by atoms with E-state index in [4.69, 9.17) is 21.6 Å². The van der Waals surface area contributed by atoms with E-state index in [9.17, 15) is 0 Å². The van der Waals surface area contributed by atoms with Crippen LogP contribution in [-0.2, 0) is 0 Å². The summed E-state index contributed by atoms with van der Waals surface area (Å²) in [6.45, 7) is 0.515. The Hall–Kier alpha value is -1.24. The molecule has 4 heteroatoms. The zero-order chi connectivity index (χ0) is 11.1. The van der Waals surface area contributed by atoms with Crippen LogP contribution in [0.15, 0.2) is 24.3 Å². The van der Waals surface area contributed by atoms with Gasteiger partial charge >= 0.3 is 0 Å². The lowest BCUT2D eigenvalue weighted by atomic mass is 10.2. The van der Waals surface area contributed by atoms with Gasteiger partial charge in [0.05, 0.1) is 18.7 Å². The molecule has 1 aromatic rings. The second kappa shape index (κ2) is 6.28. The third-order valence-corrected chi connectivity index (χ3v) is 2.25. The first-order valence-corrected chi connectivity index (χ1v) is 5.09. The highest BCUT2D eigenvalue weighted by atomic mass is 35.5. The van der Waals surface area contributed by atoms with Crippen molar-refractivity contribution in [3.8, 4) is 11.8 Å². The molecular formula is C11H13ClN2O. The molecule has 15 heavy (non-hydrogen) atoms. The predicted molar refractivity (Wildman–Crippen MR) is 60.0 cm³/mol. The summed E-state index contributed by atoms with van der Waals surface area (Å²) in [6.07, 6.45) is 0.662. The number of nitrogens with zero attached hydrogens (tertiary/aromatic N) is 1. The van der Waals surface area contributed by atoms with E-state index < -0.39 is 0 Å². The van der Waals surface area contributed by atoms with Gasteiger partial charge in [0.2, 0.25) is 0 Å². The summed E-state index contributed by atoms with van der Waals surface area (Å²) in [5, 5.41) is 12.2. The van der Waals surface area contributed by atoms with Crippen LogP contribution in [0.2, 0.25) is 5.02 Å². The van der Waals surface area contributed by atoms with Crippen molar-refractivity contribution in [2.45, 2.75) is 12.5 Å². The molecule has 0 saturated carbocycles. The van der Waals surface area contributed by atoms with Gasteiger partial charge in [-0.1, -0.05) is 11.6 Å². The average molecular weight is 225 g/mol. The minimum atomic E-state index is -0.155. The maximum atomic E-state index is 8.67. The van der Waals surface area contributed by atoms with Crippen LogP contribution >= 0.6 is 11.6 Å². The maximum absolute atomic E-state index is 8.67. The van der Waals surface area contributed by atoms with Crippen molar-refractivity contribution in [2.75, 3.05) is 13.7 Å². The summed E-state index contributed by atoms with van der Waals surface area (Å²) >= 11 is 5.73. The summed E-state index contributed by atoms with van der Waals surface area (Å²) in [5.41, 5.74) is 0. The van der Waals surface area contributed by atoms with Crippen LogP contribution in [0.5, 0.6) is 5.75 Å². The van der Waals surface area contributed by atoms with Gasteiger partial charge in [-0.15, -0.1) is 0 Å². The van der Waals surface area contributed by atoms with Crippen LogP contribution in [0.4, 0.5) is 0 Å². The zero-order valence-electron chi connectivity index (χ0n) is 8.53. The van der Waals surface area contributed by atoms with Crippen molar-refractivity contribution in [2.24, 2.45) is 0 Å². The topological polar surface area (TPSA) is 45.0 Å². The molecule has 0 fully saturated rings. The smallest absolute Gasteiger partial charge is 0.119 e. The Balaban J connectivity index is 2.32. The third kappa shape index (κ3) is 4.20.